The van der Waals surface area contributed by atoms with Crippen molar-refractivity contribution >= 4 is 17.6 Å². The van der Waals surface area contributed by atoms with Crippen LogP contribution in [-0.4, -0.2) is 23.5 Å². The zero-order valence-corrected chi connectivity index (χ0v) is 11.7. The van der Waals surface area contributed by atoms with Crippen LogP contribution in [0.1, 0.15) is 22.5 Å². The number of hydrogen-bond acceptors (Lipinski definition) is 4. The van der Waals surface area contributed by atoms with Gasteiger partial charge in [-0.25, -0.2) is 8.78 Å². The molecular weight excluding hydrogens is 296 g/mol. The topological polar surface area (TPSA) is 84.2 Å². The Morgan fingerprint density at radius 3 is 2.64 bits per heavy atom. The van der Waals surface area contributed by atoms with Crippen molar-refractivity contribution in [3.8, 4) is 0 Å². The molecule has 6 nitrogen and oxygen atoms in total. The number of rotatable bonds is 5. The van der Waals surface area contributed by atoms with E-state index in [0.29, 0.717) is 5.76 Å². The molecular formula is C14H13F2N3O3. The fraction of sp³-hybridized carbons (Fsp3) is 0.214. The molecule has 0 fully saturated rings. The Balaban J connectivity index is 1.79. The maximum atomic E-state index is 13.0. The molecule has 1 aromatic heterocycles. The van der Waals surface area contributed by atoms with Crippen molar-refractivity contribution in [1.29, 1.82) is 0 Å². The van der Waals surface area contributed by atoms with Crippen molar-refractivity contribution in [3.63, 3.8) is 0 Å². The summed E-state index contributed by atoms with van der Waals surface area (Å²) in [6.45, 7) is 1.73. The Labute approximate surface area is 124 Å². The molecule has 0 unspecified atom stereocenters. The number of nitrogens with one attached hydrogen (secondary N) is 2. The number of benzene rings is 1. The summed E-state index contributed by atoms with van der Waals surface area (Å²) in [4.78, 5) is 23.3. The molecule has 0 bridgehead atoms. The second kappa shape index (κ2) is 6.79. The van der Waals surface area contributed by atoms with Crippen molar-refractivity contribution in [3.05, 3.63) is 47.2 Å². The van der Waals surface area contributed by atoms with Crippen molar-refractivity contribution < 1.29 is 22.9 Å². The average Bonchev–Trinajstić information content (AvgIpc) is 2.86. The van der Waals surface area contributed by atoms with Gasteiger partial charge in [-0.05, 0) is 25.1 Å². The fourth-order valence-corrected chi connectivity index (χ4v) is 1.66. The highest BCUT2D eigenvalue weighted by molar-refractivity contribution is 5.95. The first-order chi connectivity index (χ1) is 10.5. The summed E-state index contributed by atoms with van der Waals surface area (Å²) < 4.78 is 30.5. The molecule has 0 spiro atoms. The lowest BCUT2D eigenvalue weighted by atomic mass is 10.2. The summed E-state index contributed by atoms with van der Waals surface area (Å²) in [6, 6.07) is 4.37. The molecule has 1 aromatic carbocycles. The number of amides is 2. The summed E-state index contributed by atoms with van der Waals surface area (Å²) in [5.74, 6) is -2.25. The van der Waals surface area contributed by atoms with Crippen LogP contribution < -0.4 is 10.6 Å². The largest absolute Gasteiger partial charge is 0.360 e. The fourth-order valence-electron chi connectivity index (χ4n) is 1.66. The Hall–Kier alpha value is -2.77. The van der Waals surface area contributed by atoms with Crippen LogP contribution in [0.4, 0.5) is 14.6 Å². The van der Waals surface area contributed by atoms with Gasteiger partial charge in [0.2, 0.25) is 5.91 Å². The van der Waals surface area contributed by atoms with Gasteiger partial charge in [0.1, 0.15) is 5.76 Å². The van der Waals surface area contributed by atoms with Crippen LogP contribution in [-0.2, 0) is 4.79 Å². The molecule has 0 radical (unpaired) electrons. The lowest BCUT2D eigenvalue weighted by Crippen LogP contribution is -2.27. The van der Waals surface area contributed by atoms with Crippen LogP contribution in [0.2, 0.25) is 0 Å². The number of carbonyl (C=O) groups is 2. The Bertz CT molecular complexity index is 700. The summed E-state index contributed by atoms with van der Waals surface area (Å²) >= 11 is 0. The maximum absolute atomic E-state index is 13.0. The van der Waals surface area contributed by atoms with E-state index in [2.05, 4.69) is 15.8 Å². The number of aromatic nitrogens is 1. The van der Waals surface area contributed by atoms with E-state index in [1.165, 1.54) is 0 Å². The lowest BCUT2D eigenvalue weighted by Gasteiger charge is -2.05. The summed E-state index contributed by atoms with van der Waals surface area (Å²) in [5.41, 5.74) is -0.0218. The third-order valence-electron chi connectivity index (χ3n) is 2.71. The molecule has 1 heterocycles. The van der Waals surface area contributed by atoms with Gasteiger partial charge in [0, 0.05) is 24.6 Å². The quantitative estimate of drug-likeness (QED) is 0.885. The minimum absolute atomic E-state index is 0.00131. The van der Waals surface area contributed by atoms with Gasteiger partial charge in [0.05, 0.1) is 0 Å². The van der Waals surface area contributed by atoms with Gasteiger partial charge >= 0.3 is 0 Å². The van der Waals surface area contributed by atoms with Crippen molar-refractivity contribution in [2.45, 2.75) is 13.3 Å². The SMILES string of the molecule is Cc1cc(NC(=O)CCNC(=O)c2ccc(F)c(F)c2)no1. The first-order valence-corrected chi connectivity index (χ1v) is 6.42. The number of halogens is 2. The first-order valence-electron chi connectivity index (χ1n) is 6.42. The molecule has 2 rings (SSSR count). The van der Waals surface area contributed by atoms with E-state index < -0.39 is 17.5 Å². The summed E-state index contributed by atoms with van der Waals surface area (Å²) in [6.07, 6.45) is 0.00131. The number of aryl methyl sites for hydroxylation is 1. The number of hydrogen-bond donors (Lipinski definition) is 2. The second-order valence-electron chi connectivity index (χ2n) is 4.51. The molecule has 2 aromatic rings. The van der Waals surface area contributed by atoms with Crippen molar-refractivity contribution in [2.24, 2.45) is 0 Å². The molecule has 0 saturated carbocycles. The van der Waals surface area contributed by atoms with Crippen LogP contribution in [0.15, 0.2) is 28.8 Å². The monoisotopic (exact) mass is 309 g/mol. The highest BCUT2D eigenvalue weighted by Gasteiger charge is 2.11. The van der Waals surface area contributed by atoms with E-state index in [0.717, 1.165) is 18.2 Å². The normalized spacial score (nSPS) is 10.3. The van der Waals surface area contributed by atoms with Crippen LogP contribution >= 0.6 is 0 Å². The molecule has 0 saturated heterocycles. The van der Waals surface area contributed by atoms with Crippen LogP contribution in [0.5, 0.6) is 0 Å². The minimum atomic E-state index is -1.10. The summed E-state index contributed by atoms with van der Waals surface area (Å²) in [5, 5.41) is 8.52. The molecule has 8 heteroatoms. The van der Waals surface area contributed by atoms with Crippen LogP contribution in [0.3, 0.4) is 0 Å². The Kier molecular flexibility index (Phi) is 4.82. The van der Waals surface area contributed by atoms with E-state index >= 15 is 0 Å². The van der Waals surface area contributed by atoms with Gasteiger partial charge < -0.3 is 15.2 Å². The average molecular weight is 309 g/mol. The van der Waals surface area contributed by atoms with E-state index in [4.69, 9.17) is 4.52 Å². The van der Waals surface area contributed by atoms with E-state index in [-0.39, 0.29) is 30.3 Å². The molecule has 116 valence electrons. The van der Waals surface area contributed by atoms with Crippen molar-refractivity contribution in [2.75, 3.05) is 11.9 Å². The molecule has 0 aliphatic rings. The first kappa shape index (κ1) is 15.6. The maximum Gasteiger partial charge on any atom is 0.251 e. The zero-order chi connectivity index (χ0) is 16.1. The second-order valence-corrected chi connectivity index (χ2v) is 4.51. The zero-order valence-electron chi connectivity index (χ0n) is 11.7. The molecule has 22 heavy (non-hydrogen) atoms. The smallest absolute Gasteiger partial charge is 0.251 e. The third-order valence-corrected chi connectivity index (χ3v) is 2.71. The third kappa shape index (κ3) is 4.11. The molecule has 2 N–H and O–H groups in total. The number of anilines is 1. The lowest BCUT2D eigenvalue weighted by molar-refractivity contribution is -0.116. The van der Waals surface area contributed by atoms with Crippen molar-refractivity contribution in [1.82, 2.24) is 10.5 Å². The van der Waals surface area contributed by atoms with Gasteiger partial charge in [-0.15, -0.1) is 0 Å². The summed E-state index contributed by atoms with van der Waals surface area (Å²) in [7, 11) is 0. The van der Waals surface area contributed by atoms with Crippen LogP contribution in [0.25, 0.3) is 0 Å². The Morgan fingerprint density at radius 2 is 2.00 bits per heavy atom. The van der Waals surface area contributed by atoms with E-state index in [1.54, 1.807) is 13.0 Å². The van der Waals surface area contributed by atoms with Gasteiger partial charge in [-0.3, -0.25) is 9.59 Å². The van der Waals surface area contributed by atoms with Gasteiger partial charge in [-0.1, -0.05) is 5.16 Å². The van der Waals surface area contributed by atoms with E-state index in [1.807, 2.05) is 0 Å². The van der Waals surface area contributed by atoms with E-state index in [9.17, 15) is 18.4 Å². The van der Waals surface area contributed by atoms with Gasteiger partial charge in [-0.2, -0.15) is 0 Å². The number of nitrogens with zero attached hydrogens (tertiary/aromatic N) is 1. The minimum Gasteiger partial charge on any atom is -0.360 e. The molecule has 0 aliphatic carbocycles. The highest BCUT2D eigenvalue weighted by atomic mass is 19.2. The predicted octanol–water partition coefficient (Wildman–Crippen LogP) is 2.02. The molecule has 0 aliphatic heterocycles. The Morgan fingerprint density at radius 1 is 1.23 bits per heavy atom. The van der Waals surface area contributed by atoms with Gasteiger partial charge in [0.15, 0.2) is 17.5 Å². The highest BCUT2D eigenvalue weighted by Crippen LogP contribution is 2.09. The van der Waals surface area contributed by atoms with Gasteiger partial charge in [0.25, 0.3) is 5.91 Å². The standard InChI is InChI=1S/C14H13F2N3O3/c1-8-6-12(19-22-8)18-13(20)4-5-17-14(21)9-2-3-10(15)11(16)7-9/h2-3,6-7H,4-5H2,1H3,(H,17,21)(H,18,19,20). The van der Waals surface area contributed by atoms with Crippen LogP contribution in [0, 0.1) is 18.6 Å². The molecule has 0 atom stereocenters. The molecule has 2 amide bonds. The number of carbonyl (C=O) groups excluding carboxylic acids is 2. The predicted molar refractivity (Wildman–Crippen MR) is 73.2 cm³/mol.